The SMILES string of the molecule is Cc1nc2ccc(C(=O)NCc3cc(-c4ccccc4)on3)cc2nc1C. The van der Waals surface area contributed by atoms with Gasteiger partial charge in [0.25, 0.3) is 5.91 Å². The van der Waals surface area contributed by atoms with Gasteiger partial charge in [0.2, 0.25) is 0 Å². The summed E-state index contributed by atoms with van der Waals surface area (Å²) in [6.45, 7) is 4.11. The van der Waals surface area contributed by atoms with Crippen LogP contribution in [-0.4, -0.2) is 21.0 Å². The lowest BCUT2D eigenvalue weighted by atomic mass is 10.1. The van der Waals surface area contributed by atoms with Crippen molar-refractivity contribution in [3.05, 3.63) is 77.2 Å². The van der Waals surface area contributed by atoms with Gasteiger partial charge in [-0.05, 0) is 32.0 Å². The molecule has 0 spiro atoms. The summed E-state index contributed by atoms with van der Waals surface area (Å²) < 4.78 is 5.35. The molecule has 2 aromatic carbocycles. The highest BCUT2D eigenvalue weighted by Gasteiger charge is 2.11. The molecule has 0 saturated heterocycles. The van der Waals surface area contributed by atoms with Crippen molar-refractivity contribution in [1.82, 2.24) is 20.4 Å². The monoisotopic (exact) mass is 358 g/mol. The van der Waals surface area contributed by atoms with E-state index in [9.17, 15) is 4.79 Å². The Balaban J connectivity index is 1.47. The molecular weight excluding hydrogens is 340 g/mol. The van der Waals surface area contributed by atoms with Gasteiger partial charge < -0.3 is 9.84 Å². The summed E-state index contributed by atoms with van der Waals surface area (Å²) >= 11 is 0. The topological polar surface area (TPSA) is 80.9 Å². The van der Waals surface area contributed by atoms with E-state index in [0.717, 1.165) is 22.5 Å². The van der Waals surface area contributed by atoms with Crippen molar-refractivity contribution in [3.63, 3.8) is 0 Å². The summed E-state index contributed by atoms with van der Waals surface area (Å²) in [5.41, 5.74) is 5.37. The number of fused-ring (bicyclic) bond motifs is 1. The summed E-state index contributed by atoms with van der Waals surface area (Å²) in [4.78, 5) is 21.5. The molecular formula is C21H18N4O2. The van der Waals surface area contributed by atoms with E-state index in [1.165, 1.54) is 0 Å². The van der Waals surface area contributed by atoms with Gasteiger partial charge in [-0.15, -0.1) is 0 Å². The van der Waals surface area contributed by atoms with Crippen LogP contribution >= 0.6 is 0 Å². The van der Waals surface area contributed by atoms with Crippen LogP contribution in [0, 0.1) is 13.8 Å². The Morgan fingerprint density at radius 2 is 1.70 bits per heavy atom. The number of aryl methyl sites for hydroxylation is 2. The molecule has 6 heteroatoms. The Kier molecular flexibility index (Phi) is 4.38. The van der Waals surface area contributed by atoms with Gasteiger partial charge >= 0.3 is 0 Å². The minimum Gasteiger partial charge on any atom is -0.356 e. The highest BCUT2D eigenvalue weighted by Crippen LogP contribution is 2.20. The van der Waals surface area contributed by atoms with Gasteiger partial charge in [0, 0.05) is 17.2 Å². The van der Waals surface area contributed by atoms with Crippen LogP contribution in [0.1, 0.15) is 27.4 Å². The second kappa shape index (κ2) is 6.99. The molecule has 134 valence electrons. The van der Waals surface area contributed by atoms with E-state index in [-0.39, 0.29) is 12.5 Å². The molecule has 27 heavy (non-hydrogen) atoms. The highest BCUT2D eigenvalue weighted by atomic mass is 16.5. The molecule has 4 aromatic rings. The maximum absolute atomic E-state index is 12.5. The first-order valence-corrected chi connectivity index (χ1v) is 8.64. The van der Waals surface area contributed by atoms with Gasteiger partial charge in [-0.25, -0.2) is 9.97 Å². The normalized spacial score (nSPS) is 10.9. The lowest BCUT2D eigenvalue weighted by Gasteiger charge is -2.06. The molecule has 4 rings (SSSR count). The van der Waals surface area contributed by atoms with E-state index < -0.39 is 0 Å². The van der Waals surface area contributed by atoms with E-state index in [1.54, 1.807) is 12.1 Å². The van der Waals surface area contributed by atoms with E-state index in [0.29, 0.717) is 22.5 Å². The number of carbonyl (C=O) groups is 1. The molecule has 0 unspecified atom stereocenters. The molecule has 0 aliphatic heterocycles. The summed E-state index contributed by atoms with van der Waals surface area (Å²) in [6.07, 6.45) is 0. The third kappa shape index (κ3) is 3.55. The second-order valence-electron chi connectivity index (χ2n) is 6.33. The maximum atomic E-state index is 12.5. The van der Waals surface area contributed by atoms with Gasteiger partial charge in [-0.1, -0.05) is 35.5 Å². The summed E-state index contributed by atoms with van der Waals surface area (Å²) in [5.74, 6) is 0.480. The molecule has 1 amide bonds. The number of aromatic nitrogens is 3. The third-order valence-electron chi connectivity index (χ3n) is 4.38. The van der Waals surface area contributed by atoms with Crippen molar-refractivity contribution in [2.24, 2.45) is 0 Å². The van der Waals surface area contributed by atoms with Crippen LogP contribution in [0.15, 0.2) is 59.1 Å². The molecule has 2 aromatic heterocycles. The van der Waals surface area contributed by atoms with Crippen LogP contribution in [0.4, 0.5) is 0 Å². The maximum Gasteiger partial charge on any atom is 0.251 e. The van der Waals surface area contributed by atoms with Crippen LogP contribution in [0.25, 0.3) is 22.4 Å². The van der Waals surface area contributed by atoms with Crippen LogP contribution in [-0.2, 0) is 6.54 Å². The Morgan fingerprint density at radius 3 is 2.48 bits per heavy atom. The van der Waals surface area contributed by atoms with Crippen LogP contribution in [0.3, 0.4) is 0 Å². The predicted molar refractivity (Wildman–Crippen MR) is 102 cm³/mol. The van der Waals surface area contributed by atoms with Gasteiger partial charge in [-0.2, -0.15) is 0 Å². The first kappa shape index (κ1) is 16.9. The van der Waals surface area contributed by atoms with E-state index in [1.807, 2.05) is 56.3 Å². The van der Waals surface area contributed by atoms with E-state index >= 15 is 0 Å². The molecule has 0 bridgehead atoms. The Morgan fingerprint density at radius 1 is 0.963 bits per heavy atom. The summed E-state index contributed by atoms with van der Waals surface area (Å²) in [6, 6.07) is 16.8. The van der Waals surface area contributed by atoms with Crippen molar-refractivity contribution in [3.8, 4) is 11.3 Å². The number of amides is 1. The number of nitrogens with zero attached hydrogens (tertiary/aromatic N) is 3. The van der Waals surface area contributed by atoms with Crippen molar-refractivity contribution in [1.29, 1.82) is 0 Å². The summed E-state index contributed by atoms with van der Waals surface area (Å²) in [5, 5.41) is 6.88. The number of nitrogens with one attached hydrogen (secondary N) is 1. The quantitative estimate of drug-likeness (QED) is 0.600. The van der Waals surface area contributed by atoms with Gasteiger partial charge in [0.1, 0.15) is 5.69 Å². The minimum absolute atomic E-state index is 0.193. The molecule has 0 fully saturated rings. The molecule has 0 aliphatic rings. The molecule has 0 atom stereocenters. The average Bonchev–Trinajstić information content (AvgIpc) is 3.16. The summed E-state index contributed by atoms with van der Waals surface area (Å²) in [7, 11) is 0. The molecule has 0 saturated carbocycles. The molecule has 0 aliphatic carbocycles. The predicted octanol–water partition coefficient (Wildman–Crippen LogP) is 3.83. The molecule has 0 radical (unpaired) electrons. The van der Waals surface area contributed by atoms with Crippen molar-refractivity contribution < 1.29 is 9.32 Å². The highest BCUT2D eigenvalue weighted by molar-refractivity contribution is 5.97. The first-order valence-electron chi connectivity index (χ1n) is 8.64. The first-order chi connectivity index (χ1) is 13.1. The van der Waals surface area contributed by atoms with E-state index in [4.69, 9.17) is 4.52 Å². The largest absolute Gasteiger partial charge is 0.356 e. The van der Waals surface area contributed by atoms with Gasteiger partial charge in [-0.3, -0.25) is 4.79 Å². The smallest absolute Gasteiger partial charge is 0.251 e. The lowest BCUT2D eigenvalue weighted by molar-refractivity contribution is 0.0950. The fourth-order valence-corrected chi connectivity index (χ4v) is 2.78. The average molecular weight is 358 g/mol. The minimum atomic E-state index is -0.193. The van der Waals surface area contributed by atoms with Gasteiger partial charge in [0.05, 0.1) is 29.0 Å². The number of hydrogen-bond acceptors (Lipinski definition) is 5. The zero-order valence-electron chi connectivity index (χ0n) is 15.1. The second-order valence-corrected chi connectivity index (χ2v) is 6.33. The number of hydrogen-bond donors (Lipinski definition) is 1. The van der Waals surface area contributed by atoms with Crippen LogP contribution < -0.4 is 5.32 Å². The van der Waals surface area contributed by atoms with Crippen molar-refractivity contribution >= 4 is 16.9 Å². The van der Waals surface area contributed by atoms with E-state index in [2.05, 4.69) is 20.4 Å². The van der Waals surface area contributed by atoms with Crippen LogP contribution in [0.5, 0.6) is 0 Å². The van der Waals surface area contributed by atoms with Gasteiger partial charge in [0.15, 0.2) is 5.76 Å². The fraction of sp³-hybridized carbons (Fsp3) is 0.143. The van der Waals surface area contributed by atoms with Crippen LogP contribution in [0.2, 0.25) is 0 Å². The third-order valence-corrected chi connectivity index (χ3v) is 4.38. The zero-order valence-corrected chi connectivity index (χ0v) is 15.1. The molecule has 2 heterocycles. The fourth-order valence-electron chi connectivity index (χ4n) is 2.78. The van der Waals surface area contributed by atoms with Crippen molar-refractivity contribution in [2.75, 3.05) is 0 Å². The number of rotatable bonds is 4. The lowest BCUT2D eigenvalue weighted by Crippen LogP contribution is -2.22. The standard InChI is InChI=1S/C21H18N4O2/c1-13-14(2)24-19-10-16(8-9-18(19)23-13)21(26)22-12-17-11-20(27-25-17)15-6-4-3-5-7-15/h3-11H,12H2,1-2H3,(H,22,26). The Bertz CT molecular complexity index is 1120. The zero-order chi connectivity index (χ0) is 18.8. The number of benzene rings is 2. The Labute approximate surface area is 156 Å². The molecule has 6 nitrogen and oxygen atoms in total. The van der Waals surface area contributed by atoms with Crippen molar-refractivity contribution in [2.45, 2.75) is 20.4 Å². The molecule has 1 N–H and O–H groups in total. The number of carbonyl (C=O) groups excluding carboxylic acids is 1. The Hall–Kier alpha value is -3.54.